The first-order valence-electron chi connectivity index (χ1n) is 12.7. The molecule has 40 heavy (non-hydrogen) atoms. The number of carbonyl (C=O) groups is 1. The van der Waals surface area contributed by atoms with Crippen LogP contribution in [0, 0.1) is 13.7 Å². The molecule has 5 rings (SSSR count). The topological polar surface area (TPSA) is 103 Å². The SMILES string of the molecule is COc1cc(C=Nc2sc3c(c2C(=O)Nc2ccccc2)CCCC3)cc(I)c1OCc1ccc([N+](=O)[O-])cc1. The van der Waals surface area contributed by atoms with Crippen molar-refractivity contribution in [2.24, 2.45) is 4.99 Å². The largest absolute Gasteiger partial charge is 0.493 e. The maximum absolute atomic E-state index is 13.4. The van der Waals surface area contributed by atoms with Gasteiger partial charge in [-0.2, -0.15) is 0 Å². The van der Waals surface area contributed by atoms with Crippen LogP contribution < -0.4 is 14.8 Å². The maximum atomic E-state index is 13.4. The van der Waals surface area contributed by atoms with E-state index < -0.39 is 4.92 Å². The second-order valence-corrected chi connectivity index (χ2v) is 11.5. The molecule has 10 heteroatoms. The molecule has 0 atom stereocenters. The molecule has 0 aliphatic heterocycles. The Morgan fingerprint density at radius 1 is 1.12 bits per heavy atom. The van der Waals surface area contributed by atoms with Crippen LogP contribution in [0.2, 0.25) is 0 Å². The van der Waals surface area contributed by atoms with E-state index in [1.165, 1.54) is 17.0 Å². The van der Waals surface area contributed by atoms with E-state index in [2.05, 4.69) is 27.9 Å². The fourth-order valence-electron chi connectivity index (χ4n) is 4.55. The lowest BCUT2D eigenvalue weighted by molar-refractivity contribution is -0.384. The lowest BCUT2D eigenvalue weighted by Gasteiger charge is -2.14. The quantitative estimate of drug-likeness (QED) is 0.0852. The molecule has 1 aliphatic carbocycles. The van der Waals surface area contributed by atoms with Gasteiger partial charge in [0.2, 0.25) is 0 Å². The van der Waals surface area contributed by atoms with E-state index in [1.54, 1.807) is 36.8 Å². The third-order valence-electron chi connectivity index (χ3n) is 6.52. The van der Waals surface area contributed by atoms with Gasteiger partial charge >= 0.3 is 0 Å². The van der Waals surface area contributed by atoms with Crippen molar-refractivity contribution in [2.75, 3.05) is 12.4 Å². The molecular formula is C30H26IN3O5S. The first-order valence-corrected chi connectivity index (χ1v) is 14.6. The van der Waals surface area contributed by atoms with Gasteiger partial charge in [-0.25, -0.2) is 4.99 Å². The number of benzene rings is 3. The molecule has 8 nitrogen and oxygen atoms in total. The molecule has 0 spiro atoms. The normalized spacial score (nSPS) is 12.7. The molecule has 1 amide bonds. The lowest BCUT2D eigenvalue weighted by Crippen LogP contribution is -2.14. The third-order valence-corrected chi connectivity index (χ3v) is 8.53. The van der Waals surface area contributed by atoms with Gasteiger partial charge in [-0.1, -0.05) is 18.2 Å². The summed E-state index contributed by atoms with van der Waals surface area (Å²) in [4.78, 5) is 29.9. The zero-order chi connectivity index (χ0) is 28.1. The van der Waals surface area contributed by atoms with E-state index in [0.717, 1.165) is 51.6 Å². The Hall–Kier alpha value is -3.77. The van der Waals surface area contributed by atoms with Crippen LogP contribution in [0.15, 0.2) is 71.7 Å². The number of aliphatic imine (C=N–C) groups is 1. The van der Waals surface area contributed by atoms with E-state index in [1.807, 2.05) is 42.5 Å². The summed E-state index contributed by atoms with van der Waals surface area (Å²) >= 11 is 3.78. The molecule has 0 bridgehead atoms. The van der Waals surface area contributed by atoms with Gasteiger partial charge < -0.3 is 14.8 Å². The Kier molecular flexibility index (Phi) is 8.75. The highest BCUT2D eigenvalue weighted by Crippen LogP contribution is 2.41. The molecule has 0 saturated heterocycles. The van der Waals surface area contributed by atoms with Crippen molar-refractivity contribution in [3.63, 3.8) is 0 Å². The predicted molar refractivity (Wildman–Crippen MR) is 166 cm³/mol. The van der Waals surface area contributed by atoms with E-state index in [9.17, 15) is 14.9 Å². The minimum Gasteiger partial charge on any atom is -0.493 e. The number of aryl methyl sites for hydroxylation is 1. The Bertz CT molecular complexity index is 1570. The molecule has 1 aromatic heterocycles. The number of hydrogen-bond donors (Lipinski definition) is 1. The predicted octanol–water partition coefficient (Wildman–Crippen LogP) is 7.73. The maximum Gasteiger partial charge on any atom is 0.269 e. The molecule has 0 saturated carbocycles. The lowest BCUT2D eigenvalue weighted by atomic mass is 9.95. The summed E-state index contributed by atoms with van der Waals surface area (Å²) in [5.74, 6) is 0.982. The fourth-order valence-corrected chi connectivity index (χ4v) is 6.56. The summed E-state index contributed by atoms with van der Waals surface area (Å²) in [6, 6.07) is 19.5. The highest BCUT2D eigenvalue weighted by atomic mass is 127. The number of ether oxygens (including phenoxy) is 2. The average Bonchev–Trinajstić information content (AvgIpc) is 3.34. The van der Waals surface area contributed by atoms with Crippen LogP contribution in [-0.4, -0.2) is 24.2 Å². The zero-order valence-corrected chi connectivity index (χ0v) is 24.7. The summed E-state index contributed by atoms with van der Waals surface area (Å²) < 4.78 is 12.5. The van der Waals surface area contributed by atoms with Gasteiger partial charge in [0, 0.05) is 28.9 Å². The molecular weight excluding hydrogens is 641 g/mol. The number of nitrogens with zero attached hydrogens (tertiary/aromatic N) is 2. The van der Waals surface area contributed by atoms with Gasteiger partial charge in [0.05, 0.1) is 21.2 Å². The highest BCUT2D eigenvalue weighted by molar-refractivity contribution is 14.1. The van der Waals surface area contributed by atoms with Crippen molar-refractivity contribution >= 4 is 62.4 Å². The van der Waals surface area contributed by atoms with Crippen molar-refractivity contribution in [3.05, 3.63) is 108 Å². The number of fused-ring (bicyclic) bond motifs is 1. The molecule has 3 aromatic carbocycles. The van der Waals surface area contributed by atoms with Gasteiger partial charge in [-0.3, -0.25) is 14.9 Å². The summed E-state index contributed by atoms with van der Waals surface area (Å²) in [6.07, 6.45) is 5.78. The molecule has 4 aromatic rings. The standard InChI is InChI=1S/C30H26IN3O5S/c1-38-25-16-20(15-24(31)28(25)39-18-19-11-13-22(14-12-19)34(36)37)17-32-30-27(23-9-5-6-10-26(23)40-30)29(35)33-21-7-3-2-4-8-21/h2-4,7-8,11-17H,5-6,9-10,18H2,1H3,(H,33,35). The van der Waals surface area contributed by atoms with E-state index in [-0.39, 0.29) is 18.2 Å². The van der Waals surface area contributed by atoms with E-state index >= 15 is 0 Å². The number of para-hydroxylation sites is 1. The van der Waals surface area contributed by atoms with E-state index in [4.69, 9.17) is 14.5 Å². The Morgan fingerprint density at radius 2 is 1.88 bits per heavy atom. The number of methoxy groups -OCH3 is 1. The molecule has 0 radical (unpaired) electrons. The number of non-ortho nitro benzene ring substituents is 1. The van der Waals surface area contributed by atoms with Crippen molar-refractivity contribution in [1.82, 2.24) is 0 Å². The third kappa shape index (κ3) is 6.34. The van der Waals surface area contributed by atoms with Crippen molar-refractivity contribution in [3.8, 4) is 11.5 Å². The monoisotopic (exact) mass is 667 g/mol. The number of nitro benzene ring substituents is 1. The van der Waals surface area contributed by atoms with Crippen LogP contribution in [0.3, 0.4) is 0 Å². The van der Waals surface area contributed by atoms with Crippen LogP contribution >= 0.6 is 33.9 Å². The van der Waals surface area contributed by atoms with Gasteiger partial charge in [-0.15, -0.1) is 11.3 Å². The summed E-state index contributed by atoms with van der Waals surface area (Å²) in [5, 5.41) is 14.6. The molecule has 0 fully saturated rings. The Morgan fingerprint density at radius 3 is 2.60 bits per heavy atom. The number of amides is 1. The fraction of sp³-hybridized carbons (Fsp3) is 0.200. The number of halogens is 1. The number of anilines is 1. The number of carbonyl (C=O) groups excluding carboxylic acids is 1. The van der Waals surface area contributed by atoms with Crippen molar-refractivity contribution < 1.29 is 19.2 Å². The first kappa shape index (κ1) is 27.8. The number of nitro groups is 1. The van der Waals surface area contributed by atoms with Gasteiger partial charge in [0.15, 0.2) is 11.5 Å². The number of thiophene rings is 1. The summed E-state index contributed by atoms with van der Waals surface area (Å²) in [6.45, 7) is 0.235. The second-order valence-electron chi connectivity index (χ2n) is 9.22. The minimum absolute atomic E-state index is 0.0341. The summed E-state index contributed by atoms with van der Waals surface area (Å²) in [7, 11) is 1.57. The smallest absolute Gasteiger partial charge is 0.269 e. The van der Waals surface area contributed by atoms with E-state index in [0.29, 0.717) is 22.1 Å². The van der Waals surface area contributed by atoms with Crippen LogP contribution in [0.1, 0.15) is 44.8 Å². The minimum atomic E-state index is -0.430. The molecule has 1 N–H and O–H groups in total. The van der Waals surface area contributed by atoms with Crippen molar-refractivity contribution in [2.45, 2.75) is 32.3 Å². The van der Waals surface area contributed by atoms with Gasteiger partial charge in [-0.05, 0) is 101 Å². The second kappa shape index (κ2) is 12.6. The number of nitrogens with one attached hydrogen (secondary N) is 1. The van der Waals surface area contributed by atoms with Crippen LogP contribution in [0.4, 0.5) is 16.4 Å². The van der Waals surface area contributed by atoms with Gasteiger partial charge in [0.1, 0.15) is 11.6 Å². The number of rotatable bonds is 9. The zero-order valence-electron chi connectivity index (χ0n) is 21.7. The van der Waals surface area contributed by atoms with Crippen molar-refractivity contribution in [1.29, 1.82) is 0 Å². The van der Waals surface area contributed by atoms with Crippen LogP contribution in [-0.2, 0) is 19.4 Å². The Balaban J connectivity index is 1.38. The Labute approximate surface area is 249 Å². The van der Waals surface area contributed by atoms with Crippen LogP contribution in [0.25, 0.3) is 0 Å². The number of hydrogen-bond acceptors (Lipinski definition) is 7. The molecule has 1 aliphatic rings. The molecule has 1 heterocycles. The molecule has 0 unspecified atom stereocenters. The molecule has 204 valence electrons. The first-order chi connectivity index (χ1) is 19.4. The summed E-state index contributed by atoms with van der Waals surface area (Å²) in [5.41, 5.74) is 4.17. The average molecular weight is 668 g/mol. The van der Waals surface area contributed by atoms with Crippen LogP contribution in [0.5, 0.6) is 11.5 Å². The van der Waals surface area contributed by atoms with Gasteiger partial charge in [0.25, 0.3) is 11.6 Å². The highest BCUT2D eigenvalue weighted by Gasteiger charge is 2.25.